The van der Waals surface area contributed by atoms with Crippen molar-refractivity contribution in [3.63, 3.8) is 0 Å². The van der Waals surface area contributed by atoms with Gasteiger partial charge in [-0.05, 0) is 55.2 Å². The first kappa shape index (κ1) is 16.5. The number of esters is 1. The van der Waals surface area contributed by atoms with Gasteiger partial charge in [0.2, 0.25) is 5.91 Å². The van der Waals surface area contributed by atoms with Crippen LogP contribution in [0.5, 0.6) is 0 Å². The highest BCUT2D eigenvalue weighted by molar-refractivity contribution is 5.79. The minimum absolute atomic E-state index is 0.0224. The van der Waals surface area contributed by atoms with E-state index in [1.165, 1.54) is 7.11 Å². The van der Waals surface area contributed by atoms with Crippen LogP contribution >= 0.6 is 0 Å². The fourth-order valence-electron chi connectivity index (χ4n) is 4.24. The van der Waals surface area contributed by atoms with E-state index in [-0.39, 0.29) is 23.8 Å². The summed E-state index contributed by atoms with van der Waals surface area (Å²) in [6, 6.07) is 9.27. The zero-order valence-electron chi connectivity index (χ0n) is 13.8. The van der Waals surface area contributed by atoms with Crippen LogP contribution in [-0.4, -0.2) is 25.0 Å². The van der Waals surface area contributed by atoms with Crippen LogP contribution in [0.1, 0.15) is 36.8 Å². The van der Waals surface area contributed by atoms with E-state index in [4.69, 9.17) is 10.00 Å². The summed E-state index contributed by atoms with van der Waals surface area (Å²) >= 11 is 0. The van der Waals surface area contributed by atoms with Crippen molar-refractivity contribution < 1.29 is 14.3 Å². The van der Waals surface area contributed by atoms with Crippen molar-refractivity contribution in [1.29, 1.82) is 5.26 Å². The molecule has 5 heteroatoms. The third kappa shape index (κ3) is 3.28. The molecule has 24 heavy (non-hydrogen) atoms. The molecule has 5 nitrogen and oxygen atoms in total. The Morgan fingerprint density at radius 1 is 1.25 bits per heavy atom. The lowest BCUT2D eigenvalue weighted by Crippen LogP contribution is -2.47. The Morgan fingerprint density at radius 3 is 2.62 bits per heavy atom. The molecule has 4 unspecified atom stereocenters. The maximum atomic E-state index is 12.3. The highest BCUT2D eigenvalue weighted by Gasteiger charge is 2.51. The number of nitriles is 1. The minimum atomic E-state index is -0.195. The number of hydrogen-bond acceptors (Lipinski definition) is 4. The minimum Gasteiger partial charge on any atom is -0.469 e. The van der Waals surface area contributed by atoms with Gasteiger partial charge in [0.05, 0.1) is 24.7 Å². The number of nitrogens with zero attached hydrogens (tertiary/aromatic N) is 1. The first-order valence-corrected chi connectivity index (χ1v) is 8.48. The Kier molecular flexibility index (Phi) is 4.84. The van der Waals surface area contributed by atoms with Crippen LogP contribution in [0.3, 0.4) is 0 Å². The molecule has 1 N–H and O–H groups in total. The molecular formula is C19H22N2O3. The largest absolute Gasteiger partial charge is 0.469 e. The van der Waals surface area contributed by atoms with Crippen molar-refractivity contribution in [3.05, 3.63) is 35.4 Å². The fraction of sp³-hybridized carbons (Fsp3) is 0.526. The first-order valence-electron chi connectivity index (χ1n) is 8.48. The van der Waals surface area contributed by atoms with E-state index in [0.717, 1.165) is 24.8 Å². The SMILES string of the molecule is COC(=O)C1C2CCC(C2)C1NC(=O)CCc1ccc(C#N)cc1. The predicted molar refractivity (Wildman–Crippen MR) is 87.7 cm³/mol. The van der Waals surface area contributed by atoms with E-state index >= 15 is 0 Å². The lowest BCUT2D eigenvalue weighted by atomic mass is 9.84. The Balaban J connectivity index is 1.56. The highest BCUT2D eigenvalue weighted by Crippen LogP contribution is 2.48. The molecule has 0 saturated heterocycles. The Morgan fingerprint density at radius 2 is 1.96 bits per heavy atom. The van der Waals surface area contributed by atoms with Gasteiger partial charge < -0.3 is 10.1 Å². The standard InChI is InChI=1S/C19H22N2O3/c1-24-19(23)17-14-7-8-15(10-14)18(17)21-16(22)9-6-12-2-4-13(11-20)5-3-12/h2-5,14-15,17-18H,6-10H2,1H3,(H,21,22). The topological polar surface area (TPSA) is 79.2 Å². The van der Waals surface area contributed by atoms with Gasteiger partial charge in [-0.15, -0.1) is 0 Å². The summed E-state index contributed by atoms with van der Waals surface area (Å²) < 4.78 is 4.93. The smallest absolute Gasteiger partial charge is 0.311 e. The van der Waals surface area contributed by atoms with E-state index in [2.05, 4.69) is 11.4 Å². The van der Waals surface area contributed by atoms with Crippen LogP contribution in [0.15, 0.2) is 24.3 Å². The van der Waals surface area contributed by atoms with Crippen molar-refractivity contribution >= 4 is 11.9 Å². The van der Waals surface area contributed by atoms with Gasteiger partial charge in [-0.2, -0.15) is 5.26 Å². The quantitative estimate of drug-likeness (QED) is 0.841. The summed E-state index contributed by atoms with van der Waals surface area (Å²) in [6.07, 6.45) is 4.16. The van der Waals surface area contributed by atoms with Crippen molar-refractivity contribution in [2.24, 2.45) is 17.8 Å². The number of methoxy groups -OCH3 is 1. The van der Waals surface area contributed by atoms with Crippen LogP contribution < -0.4 is 5.32 Å². The summed E-state index contributed by atoms with van der Waals surface area (Å²) in [5.74, 6) is 0.349. The molecule has 2 saturated carbocycles. The van der Waals surface area contributed by atoms with Crippen LogP contribution in [0.2, 0.25) is 0 Å². The Hall–Kier alpha value is -2.35. The third-order valence-corrected chi connectivity index (χ3v) is 5.44. The van der Waals surface area contributed by atoms with Gasteiger partial charge in [-0.1, -0.05) is 12.1 Å². The van der Waals surface area contributed by atoms with Crippen LogP contribution in [0, 0.1) is 29.1 Å². The van der Waals surface area contributed by atoms with Gasteiger partial charge in [-0.3, -0.25) is 9.59 Å². The van der Waals surface area contributed by atoms with Crippen molar-refractivity contribution in [2.45, 2.75) is 38.1 Å². The number of nitrogens with one attached hydrogen (secondary N) is 1. The summed E-state index contributed by atoms with van der Waals surface area (Å²) in [4.78, 5) is 24.3. The molecule has 2 bridgehead atoms. The number of rotatable bonds is 5. The number of carbonyl (C=O) groups excluding carboxylic acids is 2. The van der Waals surface area contributed by atoms with Gasteiger partial charge in [-0.25, -0.2) is 0 Å². The summed E-state index contributed by atoms with van der Waals surface area (Å²) in [5.41, 5.74) is 1.65. The van der Waals surface area contributed by atoms with E-state index in [1.807, 2.05) is 12.1 Å². The molecule has 3 rings (SSSR count). The maximum Gasteiger partial charge on any atom is 0.311 e. The molecule has 1 aromatic rings. The molecule has 0 aromatic heterocycles. The number of carbonyl (C=O) groups is 2. The van der Waals surface area contributed by atoms with Crippen molar-refractivity contribution in [1.82, 2.24) is 5.32 Å². The summed E-state index contributed by atoms with van der Waals surface area (Å²) in [7, 11) is 1.41. The number of fused-ring (bicyclic) bond motifs is 2. The fourth-order valence-corrected chi connectivity index (χ4v) is 4.24. The van der Waals surface area contributed by atoms with E-state index in [1.54, 1.807) is 12.1 Å². The Bertz CT molecular complexity index is 662. The molecule has 0 heterocycles. The average molecular weight is 326 g/mol. The number of amides is 1. The van der Waals surface area contributed by atoms with Gasteiger partial charge >= 0.3 is 5.97 Å². The second-order valence-corrected chi connectivity index (χ2v) is 6.78. The van der Waals surface area contributed by atoms with Crippen LogP contribution in [-0.2, 0) is 20.7 Å². The molecule has 2 aliphatic carbocycles. The molecule has 0 radical (unpaired) electrons. The predicted octanol–water partition coefficient (Wildman–Crippen LogP) is 2.19. The highest BCUT2D eigenvalue weighted by atomic mass is 16.5. The lowest BCUT2D eigenvalue weighted by molar-refractivity contribution is -0.148. The van der Waals surface area contributed by atoms with E-state index < -0.39 is 0 Å². The molecule has 4 atom stereocenters. The Labute approximate surface area is 142 Å². The van der Waals surface area contributed by atoms with Gasteiger partial charge in [0.15, 0.2) is 0 Å². The second-order valence-electron chi connectivity index (χ2n) is 6.78. The lowest BCUT2D eigenvalue weighted by Gasteiger charge is -2.29. The number of benzene rings is 1. The van der Waals surface area contributed by atoms with Gasteiger partial charge in [0, 0.05) is 12.5 Å². The molecular weight excluding hydrogens is 304 g/mol. The van der Waals surface area contributed by atoms with E-state index in [0.29, 0.717) is 30.2 Å². The number of hydrogen-bond donors (Lipinski definition) is 1. The van der Waals surface area contributed by atoms with Gasteiger partial charge in [0.1, 0.15) is 0 Å². The molecule has 2 aliphatic rings. The molecule has 0 spiro atoms. The monoisotopic (exact) mass is 326 g/mol. The zero-order chi connectivity index (χ0) is 17.1. The number of ether oxygens (including phenoxy) is 1. The molecule has 2 fully saturated rings. The van der Waals surface area contributed by atoms with Crippen LogP contribution in [0.25, 0.3) is 0 Å². The molecule has 126 valence electrons. The molecule has 0 aliphatic heterocycles. The summed E-state index contributed by atoms with van der Waals surface area (Å²) in [6.45, 7) is 0. The zero-order valence-corrected chi connectivity index (χ0v) is 13.8. The van der Waals surface area contributed by atoms with E-state index in [9.17, 15) is 9.59 Å². The maximum absolute atomic E-state index is 12.3. The molecule has 1 amide bonds. The third-order valence-electron chi connectivity index (χ3n) is 5.44. The van der Waals surface area contributed by atoms with Crippen molar-refractivity contribution in [2.75, 3.05) is 7.11 Å². The second kappa shape index (κ2) is 7.04. The molecule has 1 aromatic carbocycles. The summed E-state index contributed by atoms with van der Waals surface area (Å²) in [5, 5.41) is 11.9. The van der Waals surface area contributed by atoms with Crippen LogP contribution in [0.4, 0.5) is 0 Å². The first-order chi connectivity index (χ1) is 11.6. The average Bonchev–Trinajstić information content (AvgIpc) is 3.21. The van der Waals surface area contributed by atoms with Gasteiger partial charge in [0.25, 0.3) is 0 Å². The normalized spacial score (nSPS) is 27.5. The van der Waals surface area contributed by atoms with Crippen molar-refractivity contribution in [3.8, 4) is 6.07 Å². The number of aryl methyl sites for hydroxylation is 1.